The number of aryl methyl sites for hydroxylation is 7. The molecule has 0 spiro atoms. The Bertz CT molecular complexity index is 2730. The molecule has 4 N–H and O–H groups in total. The third-order valence-electron chi connectivity index (χ3n) is 10.1. The highest BCUT2D eigenvalue weighted by Crippen LogP contribution is 2.27. The molecule has 0 saturated carbocycles. The second kappa shape index (κ2) is 19.4. The van der Waals surface area contributed by atoms with Crippen LogP contribution in [0.25, 0.3) is 0 Å². The Kier molecular flexibility index (Phi) is 14.6. The predicted octanol–water partition coefficient (Wildman–Crippen LogP) is 10.2. The van der Waals surface area contributed by atoms with E-state index in [1.165, 1.54) is 0 Å². The second-order valence-electron chi connectivity index (χ2n) is 16.0. The lowest BCUT2D eigenvalue weighted by Gasteiger charge is -2.19. The van der Waals surface area contributed by atoms with E-state index in [1.807, 2.05) is 55.5 Å². The first-order chi connectivity index (χ1) is 28.7. The maximum atomic E-state index is 13.0. The van der Waals surface area contributed by atoms with E-state index in [0.717, 1.165) is 33.4 Å². The molecule has 318 valence electrons. The van der Waals surface area contributed by atoms with Gasteiger partial charge in [0, 0.05) is 11.4 Å². The average molecular weight is 861 g/mol. The van der Waals surface area contributed by atoms with Crippen LogP contribution in [0.2, 0.25) is 0 Å². The van der Waals surface area contributed by atoms with Crippen molar-refractivity contribution in [1.29, 1.82) is 0 Å². The lowest BCUT2D eigenvalue weighted by molar-refractivity contribution is 0.0684. The Morgan fingerprint density at radius 1 is 0.525 bits per heavy atom. The lowest BCUT2D eigenvalue weighted by atomic mass is 9.87. The van der Waals surface area contributed by atoms with Crippen LogP contribution >= 0.6 is 0 Å². The number of hydrogen-bond acceptors (Lipinski definition) is 6. The van der Waals surface area contributed by atoms with Gasteiger partial charge in [0.15, 0.2) is 0 Å². The molecule has 6 aromatic rings. The fourth-order valence-corrected chi connectivity index (χ4v) is 9.73. The first-order valence-corrected chi connectivity index (χ1v) is 22.7. The van der Waals surface area contributed by atoms with Crippen LogP contribution in [0.5, 0.6) is 0 Å². The van der Waals surface area contributed by atoms with Crippen molar-refractivity contribution in [1.82, 2.24) is 0 Å². The van der Waals surface area contributed by atoms with Crippen molar-refractivity contribution < 1.29 is 36.6 Å². The molecule has 6 aromatic carbocycles. The molecule has 61 heavy (non-hydrogen) atoms. The number of carboxylic acid groups (broad SMARTS) is 2. The summed E-state index contributed by atoms with van der Waals surface area (Å²) in [4.78, 5) is 23.3. The number of hydrogen-bond donors (Lipinski definition) is 4. The van der Waals surface area contributed by atoms with Crippen LogP contribution < -0.4 is 9.44 Å². The molecule has 0 aliphatic heterocycles. The van der Waals surface area contributed by atoms with E-state index in [2.05, 4.69) is 30.2 Å². The first-order valence-electron chi connectivity index (χ1n) is 19.8. The summed E-state index contributed by atoms with van der Waals surface area (Å²) in [6.45, 7) is 11.8. The quantitative estimate of drug-likeness (QED) is 0.0840. The number of carboxylic acids is 2. The van der Waals surface area contributed by atoms with Crippen LogP contribution in [0.1, 0.15) is 86.0 Å². The maximum absolute atomic E-state index is 13.0. The summed E-state index contributed by atoms with van der Waals surface area (Å²) in [6.07, 6.45) is 2.30. The van der Waals surface area contributed by atoms with E-state index in [4.69, 9.17) is 0 Å². The molecule has 12 heteroatoms. The van der Waals surface area contributed by atoms with Gasteiger partial charge in [0.25, 0.3) is 20.0 Å². The maximum Gasteiger partial charge on any atom is 0.335 e. The van der Waals surface area contributed by atoms with Crippen molar-refractivity contribution in [3.05, 3.63) is 189 Å². The van der Waals surface area contributed by atoms with Gasteiger partial charge in [-0.3, -0.25) is 9.44 Å². The number of aromatic carboxylic acids is 2. The summed E-state index contributed by atoms with van der Waals surface area (Å²) >= 11 is 0. The van der Waals surface area contributed by atoms with E-state index in [9.17, 15) is 36.6 Å². The average Bonchev–Trinajstić information content (AvgIpc) is 3.19. The molecule has 0 aliphatic rings. The molecule has 0 heterocycles. The minimum Gasteiger partial charge on any atom is -0.478 e. The van der Waals surface area contributed by atoms with Crippen molar-refractivity contribution in [3.8, 4) is 0 Å². The zero-order valence-electron chi connectivity index (χ0n) is 35.2. The van der Waals surface area contributed by atoms with E-state index in [0.29, 0.717) is 58.6 Å². The van der Waals surface area contributed by atoms with Gasteiger partial charge in [0.1, 0.15) is 0 Å². The standard InChI is InChI=1S/C25H27NO4S.C24H25NO4S/c1-25(2,3)20-13-15-22(16-14-20)31(29,30)26-21-9-6-7-18(17-21)11-12-19-8-4-5-10-23(19)24(27)28;1-16-13-17(2)23(18(3)14-16)30(28,29)25-21-9-6-7-19(15-21)11-12-20-8-4-5-10-22(20)24(26)27/h4-10,13-17,26H,11-12H2,1-3H3,(H,27,28);4-10,13-15,25H,11-12H2,1-3H3,(H,26,27). The monoisotopic (exact) mass is 860 g/mol. The molecular weight excluding hydrogens is 809 g/mol. The number of benzene rings is 6. The molecule has 0 fully saturated rings. The normalized spacial score (nSPS) is 11.6. The smallest absolute Gasteiger partial charge is 0.335 e. The van der Waals surface area contributed by atoms with Gasteiger partial charge in [0.2, 0.25) is 0 Å². The Morgan fingerprint density at radius 2 is 0.951 bits per heavy atom. The lowest BCUT2D eigenvalue weighted by Crippen LogP contribution is -2.16. The molecule has 0 aromatic heterocycles. The number of anilines is 2. The SMILES string of the molecule is CC(C)(C)c1ccc(S(=O)(=O)Nc2cccc(CCc3ccccc3C(=O)O)c2)cc1.Cc1cc(C)c(S(=O)(=O)Nc2cccc(CCc3ccccc3C(=O)O)c2)c(C)c1. The number of sulfonamides is 2. The van der Waals surface area contributed by atoms with Gasteiger partial charge in [-0.2, -0.15) is 0 Å². The van der Waals surface area contributed by atoms with Gasteiger partial charge in [-0.05, 0) is 139 Å². The van der Waals surface area contributed by atoms with Crippen molar-refractivity contribution in [3.63, 3.8) is 0 Å². The van der Waals surface area contributed by atoms with E-state index in [-0.39, 0.29) is 15.9 Å². The third-order valence-corrected chi connectivity index (χ3v) is 13.2. The molecule has 6 rings (SSSR count). The largest absolute Gasteiger partial charge is 0.478 e. The molecule has 0 aliphatic carbocycles. The van der Waals surface area contributed by atoms with Crippen LogP contribution in [0, 0.1) is 20.8 Å². The molecular formula is C49H52N2O8S2. The third kappa shape index (κ3) is 12.4. The Balaban J connectivity index is 0.000000231. The number of rotatable bonds is 14. The van der Waals surface area contributed by atoms with Gasteiger partial charge in [-0.1, -0.05) is 111 Å². The number of nitrogens with one attached hydrogen (secondary N) is 2. The topological polar surface area (TPSA) is 167 Å². The summed E-state index contributed by atoms with van der Waals surface area (Å²) < 4.78 is 56.9. The minimum absolute atomic E-state index is 0.0523. The molecule has 0 radical (unpaired) electrons. The van der Waals surface area contributed by atoms with Gasteiger partial charge in [-0.25, -0.2) is 26.4 Å². The molecule has 0 bridgehead atoms. The number of carbonyl (C=O) groups is 2. The van der Waals surface area contributed by atoms with Gasteiger partial charge in [0.05, 0.1) is 20.9 Å². The fraction of sp³-hybridized carbons (Fsp3) is 0.224. The fourth-order valence-electron chi connectivity index (χ4n) is 7.18. The van der Waals surface area contributed by atoms with Crippen LogP contribution in [-0.4, -0.2) is 39.0 Å². The molecule has 0 saturated heterocycles. The minimum atomic E-state index is -3.72. The summed E-state index contributed by atoms with van der Waals surface area (Å²) in [5, 5.41) is 18.7. The van der Waals surface area contributed by atoms with E-state index >= 15 is 0 Å². The van der Waals surface area contributed by atoms with E-state index in [1.54, 1.807) is 98.8 Å². The molecule has 0 amide bonds. The van der Waals surface area contributed by atoms with Crippen molar-refractivity contribution in [2.45, 2.75) is 82.4 Å². The molecule has 0 unspecified atom stereocenters. The Labute approximate surface area is 359 Å². The Hall–Kier alpha value is -6.24. The summed E-state index contributed by atoms with van der Waals surface area (Å²) in [5.41, 5.74) is 8.34. The van der Waals surface area contributed by atoms with Crippen molar-refractivity contribution in [2.75, 3.05) is 9.44 Å². The first kappa shape index (κ1) is 45.8. The van der Waals surface area contributed by atoms with Gasteiger partial charge in [-0.15, -0.1) is 0 Å². The highest BCUT2D eigenvalue weighted by atomic mass is 32.2. The highest BCUT2D eigenvalue weighted by molar-refractivity contribution is 7.93. The van der Waals surface area contributed by atoms with Crippen LogP contribution in [0.15, 0.2) is 143 Å². The summed E-state index contributed by atoms with van der Waals surface area (Å²) in [6, 6.07) is 38.9. The van der Waals surface area contributed by atoms with Gasteiger partial charge >= 0.3 is 11.9 Å². The summed E-state index contributed by atoms with van der Waals surface area (Å²) in [7, 11) is -7.43. The van der Waals surface area contributed by atoms with Crippen molar-refractivity contribution in [2.24, 2.45) is 0 Å². The second-order valence-corrected chi connectivity index (χ2v) is 19.3. The van der Waals surface area contributed by atoms with Crippen molar-refractivity contribution >= 4 is 43.4 Å². The predicted molar refractivity (Wildman–Crippen MR) is 242 cm³/mol. The van der Waals surface area contributed by atoms with Gasteiger partial charge < -0.3 is 10.2 Å². The molecule has 10 nitrogen and oxygen atoms in total. The van der Waals surface area contributed by atoms with Crippen LogP contribution in [0.3, 0.4) is 0 Å². The molecule has 0 atom stereocenters. The zero-order valence-corrected chi connectivity index (χ0v) is 36.8. The Morgan fingerprint density at radius 3 is 1.38 bits per heavy atom. The zero-order chi connectivity index (χ0) is 44.5. The summed E-state index contributed by atoms with van der Waals surface area (Å²) in [5.74, 6) is -1.90. The van der Waals surface area contributed by atoms with E-state index < -0.39 is 32.0 Å². The van der Waals surface area contributed by atoms with Crippen LogP contribution in [-0.2, 0) is 51.1 Å². The highest BCUT2D eigenvalue weighted by Gasteiger charge is 2.21. The van der Waals surface area contributed by atoms with Crippen LogP contribution in [0.4, 0.5) is 11.4 Å².